The van der Waals surface area contributed by atoms with Crippen LogP contribution in [-0.2, 0) is 27.7 Å². The monoisotopic (exact) mass is 421 g/mol. The Bertz CT molecular complexity index is 896. The van der Waals surface area contributed by atoms with Crippen molar-refractivity contribution in [2.75, 3.05) is 13.7 Å². The summed E-state index contributed by atoms with van der Waals surface area (Å²) in [6.07, 6.45) is 4.21. The Hall–Kier alpha value is -2.27. The van der Waals surface area contributed by atoms with Crippen molar-refractivity contribution in [2.45, 2.75) is 53.9 Å². The largest absolute Gasteiger partial charge is 0.466 e. The van der Waals surface area contributed by atoms with E-state index in [-0.39, 0.29) is 5.97 Å². The molecule has 2 rings (SSSR count). The lowest BCUT2D eigenvalue weighted by atomic mass is 10.00. The smallest absolute Gasteiger partial charge is 0.354 e. The molecule has 0 amide bonds. The van der Waals surface area contributed by atoms with Gasteiger partial charge >= 0.3 is 11.9 Å². The molecule has 1 aromatic carbocycles. The molecular weight excluding hydrogens is 390 g/mol. The molecule has 0 saturated carbocycles. The number of methoxy groups -OCH3 is 1. The van der Waals surface area contributed by atoms with Crippen molar-refractivity contribution in [1.29, 1.82) is 0 Å². The number of hydrogen-bond acceptors (Lipinski definition) is 4. The number of aryl methyl sites for hydroxylation is 2. The zero-order valence-corrected chi connectivity index (χ0v) is 19.3. The SMILES string of the molecule is CC.CC/C=C(/C)c1c(Cl)ccc2c(CCCOC(C)=O)c(C(=O)OC)n(C)c12. The van der Waals surface area contributed by atoms with Crippen molar-refractivity contribution in [3.05, 3.63) is 40.1 Å². The Morgan fingerprint density at radius 3 is 2.41 bits per heavy atom. The molecule has 0 N–H and O–H groups in total. The fraction of sp³-hybridized carbons (Fsp3) is 0.478. The molecule has 0 aliphatic rings. The standard InChI is InChI=1S/C21H26ClNO4.C2H6/c1-6-8-13(2)18-17(22)11-10-16-15(9-7-12-27-14(3)24)20(21(25)26-5)23(4)19(16)18;1-2/h8,10-11H,6-7,9,12H2,1-5H3;1-2H3/b13-8-;. The lowest BCUT2D eigenvalue weighted by Crippen LogP contribution is -2.11. The van der Waals surface area contributed by atoms with Crippen LogP contribution in [-0.4, -0.2) is 30.2 Å². The van der Waals surface area contributed by atoms with Crippen LogP contribution >= 0.6 is 11.6 Å². The third-order valence-electron chi connectivity index (χ3n) is 4.57. The maximum Gasteiger partial charge on any atom is 0.354 e. The Balaban J connectivity index is 0.00000204. The second kappa shape index (κ2) is 11.7. The van der Waals surface area contributed by atoms with Gasteiger partial charge in [0.1, 0.15) is 5.69 Å². The van der Waals surface area contributed by atoms with Crippen molar-refractivity contribution in [1.82, 2.24) is 4.57 Å². The topological polar surface area (TPSA) is 57.5 Å². The molecule has 1 heterocycles. The first-order chi connectivity index (χ1) is 13.8. The van der Waals surface area contributed by atoms with Gasteiger partial charge in [-0.3, -0.25) is 4.79 Å². The highest BCUT2D eigenvalue weighted by molar-refractivity contribution is 6.33. The van der Waals surface area contributed by atoms with E-state index in [1.165, 1.54) is 14.0 Å². The van der Waals surface area contributed by atoms with E-state index in [1.54, 1.807) is 0 Å². The van der Waals surface area contributed by atoms with Crippen molar-refractivity contribution in [3.8, 4) is 0 Å². The number of nitrogens with zero attached hydrogens (tertiary/aromatic N) is 1. The van der Waals surface area contributed by atoms with Crippen LogP contribution in [0.4, 0.5) is 0 Å². The molecule has 6 heteroatoms. The van der Waals surface area contributed by atoms with E-state index in [1.807, 2.05) is 44.5 Å². The third-order valence-corrected chi connectivity index (χ3v) is 4.88. The highest BCUT2D eigenvalue weighted by Crippen LogP contribution is 2.37. The lowest BCUT2D eigenvalue weighted by Gasteiger charge is -2.10. The normalized spacial score (nSPS) is 11.1. The first-order valence-corrected chi connectivity index (χ1v) is 10.4. The molecule has 0 bridgehead atoms. The number of rotatable bonds is 7. The predicted octanol–water partition coefficient (Wildman–Crippen LogP) is 5.95. The van der Waals surface area contributed by atoms with Crippen LogP contribution in [0.15, 0.2) is 18.2 Å². The van der Waals surface area contributed by atoms with E-state index in [4.69, 9.17) is 21.1 Å². The second-order valence-corrected chi connectivity index (χ2v) is 6.84. The molecule has 0 aliphatic carbocycles. The van der Waals surface area contributed by atoms with Crippen LogP contribution in [0.2, 0.25) is 5.02 Å². The van der Waals surface area contributed by atoms with Crippen molar-refractivity contribution in [3.63, 3.8) is 0 Å². The fourth-order valence-corrected chi connectivity index (χ4v) is 3.76. The van der Waals surface area contributed by atoms with Crippen molar-refractivity contribution < 1.29 is 19.1 Å². The Morgan fingerprint density at radius 1 is 1.21 bits per heavy atom. The zero-order chi connectivity index (χ0) is 22.1. The number of aromatic nitrogens is 1. The van der Waals surface area contributed by atoms with Gasteiger partial charge in [0.05, 0.1) is 24.3 Å². The van der Waals surface area contributed by atoms with Gasteiger partial charge in [0.15, 0.2) is 0 Å². The quantitative estimate of drug-likeness (QED) is 0.409. The lowest BCUT2D eigenvalue weighted by molar-refractivity contribution is -0.141. The first-order valence-electron chi connectivity index (χ1n) is 10.0. The van der Waals surface area contributed by atoms with Crippen LogP contribution in [0.3, 0.4) is 0 Å². The Kier molecular flexibility index (Phi) is 9.96. The maximum absolute atomic E-state index is 12.5. The molecule has 0 atom stereocenters. The predicted molar refractivity (Wildman–Crippen MR) is 120 cm³/mol. The average Bonchev–Trinajstić information content (AvgIpc) is 2.98. The summed E-state index contributed by atoms with van der Waals surface area (Å²) in [5.74, 6) is -0.703. The molecule has 160 valence electrons. The number of allylic oxidation sites excluding steroid dienone is 2. The zero-order valence-electron chi connectivity index (χ0n) is 18.5. The molecule has 2 aromatic rings. The number of esters is 2. The van der Waals surface area contributed by atoms with Gasteiger partial charge in [-0.2, -0.15) is 0 Å². The third kappa shape index (κ3) is 5.63. The van der Waals surface area contributed by atoms with Gasteiger partial charge in [-0.05, 0) is 43.4 Å². The number of ether oxygens (including phenoxy) is 2. The number of halogens is 1. The summed E-state index contributed by atoms with van der Waals surface area (Å²) < 4.78 is 11.9. The number of carbonyl (C=O) groups excluding carboxylic acids is 2. The van der Waals surface area contributed by atoms with E-state index < -0.39 is 5.97 Å². The molecule has 0 aliphatic heterocycles. The minimum absolute atomic E-state index is 0.307. The average molecular weight is 422 g/mol. The number of benzene rings is 1. The molecule has 0 spiro atoms. The van der Waals surface area contributed by atoms with Crippen LogP contribution < -0.4 is 0 Å². The summed E-state index contributed by atoms with van der Waals surface area (Å²) in [6.45, 7) is 9.79. The molecular formula is C23H32ClNO4. The molecule has 0 radical (unpaired) electrons. The van der Waals surface area contributed by atoms with Crippen molar-refractivity contribution >= 4 is 40.0 Å². The van der Waals surface area contributed by atoms with Gasteiger partial charge in [0, 0.05) is 24.9 Å². The second-order valence-electron chi connectivity index (χ2n) is 6.44. The van der Waals surface area contributed by atoms with Crippen LogP contribution in [0, 0.1) is 0 Å². The minimum atomic E-state index is -0.393. The summed E-state index contributed by atoms with van der Waals surface area (Å²) in [6, 6.07) is 3.80. The highest BCUT2D eigenvalue weighted by atomic mass is 35.5. The van der Waals surface area contributed by atoms with E-state index in [0.717, 1.165) is 34.0 Å². The van der Waals surface area contributed by atoms with E-state index in [9.17, 15) is 9.59 Å². The van der Waals surface area contributed by atoms with Crippen molar-refractivity contribution in [2.24, 2.45) is 7.05 Å². The van der Waals surface area contributed by atoms with E-state index >= 15 is 0 Å². The summed E-state index contributed by atoms with van der Waals surface area (Å²) in [7, 11) is 3.22. The number of hydrogen-bond donors (Lipinski definition) is 0. The molecule has 1 aromatic heterocycles. The van der Waals surface area contributed by atoms with E-state index in [0.29, 0.717) is 30.2 Å². The minimum Gasteiger partial charge on any atom is -0.466 e. The van der Waals surface area contributed by atoms with E-state index in [2.05, 4.69) is 13.0 Å². The molecule has 0 fully saturated rings. The Morgan fingerprint density at radius 2 is 1.86 bits per heavy atom. The van der Waals surface area contributed by atoms with Crippen LogP contribution in [0.5, 0.6) is 0 Å². The van der Waals surface area contributed by atoms with Crippen LogP contribution in [0.1, 0.15) is 69.1 Å². The first kappa shape index (κ1) is 24.8. The molecule has 5 nitrogen and oxygen atoms in total. The van der Waals surface area contributed by atoms with Crippen LogP contribution in [0.25, 0.3) is 16.5 Å². The van der Waals surface area contributed by atoms with Gasteiger partial charge in [0.25, 0.3) is 0 Å². The van der Waals surface area contributed by atoms with Gasteiger partial charge in [-0.15, -0.1) is 0 Å². The summed E-state index contributed by atoms with van der Waals surface area (Å²) in [5.41, 5.74) is 4.29. The summed E-state index contributed by atoms with van der Waals surface area (Å²) >= 11 is 6.51. The Labute approximate surface area is 178 Å². The summed E-state index contributed by atoms with van der Waals surface area (Å²) in [5, 5.41) is 1.61. The number of fused-ring (bicyclic) bond motifs is 1. The maximum atomic E-state index is 12.5. The van der Waals surface area contributed by atoms with Gasteiger partial charge in [0.2, 0.25) is 0 Å². The van der Waals surface area contributed by atoms with Gasteiger partial charge < -0.3 is 14.0 Å². The van der Waals surface area contributed by atoms with Gasteiger partial charge in [-0.1, -0.05) is 44.5 Å². The molecule has 0 saturated heterocycles. The highest BCUT2D eigenvalue weighted by Gasteiger charge is 2.24. The van der Waals surface area contributed by atoms with Gasteiger partial charge in [-0.25, -0.2) is 4.79 Å². The molecule has 0 unspecified atom stereocenters. The molecule has 29 heavy (non-hydrogen) atoms. The summed E-state index contributed by atoms with van der Waals surface area (Å²) in [4.78, 5) is 23.5. The number of carbonyl (C=O) groups is 2. The fourth-order valence-electron chi connectivity index (χ4n) is 3.46.